The number of carbonyl (C=O) groups is 2. The second-order valence-corrected chi connectivity index (χ2v) is 4.99. The Morgan fingerprint density at radius 3 is 2.21 bits per heavy atom. The number of hydrogen-bond donors (Lipinski definition) is 1. The van der Waals surface area contributed by atoms with E-state index in [1.807, 2.05) is 7.05 Å². The molecule has 0 aromatic heterocycles. The lowest BCUT2D eigenvalue weighted by Gasteiger charge is -2.14. The average Bonchev–Trinajstić information content (AvgIpc) is 2.68. The molecule has 0 bridgehead atoms. The second-order valence-electron chi connectivity index (χ2n) is 4.99. The van der Waals surface area contributed by atoms with Gasteiger partial charge in [0.2, 0.25) is 0 Å². The summed E-state index contributed by atoms with van der Waals surface area (Å²) in [6, 6.07) is 7.50. The Kier molecular flexibility index (Phi) is 4.32. The lowest BCUT2D eigenvalue weighted by molar-refractivity contribution is 0.0651. The fraction of sp³-hybridized carbons (Fsp3) is 0.467. The van der Waals surface area contributed by atoms with E-state index in [-0.39, 0.29) is 11.8 Å². The van der Waals surface area contributed by atoms with Gasteiger partial charge in [-0.2, -0.15) is 0 Å². The predicted molar refractivity (Wildman–Crippen MR) is 74.2 cm³/mol. The van der Waals surface area contributed by atoms with Gasteiger partial charge in [0.25, 0.3) is 11.8 Å². The van der Waals surface area contributed by atoms with E-state index in [9.17, 15) is 9.59 Å². The van der Waals surface area contributed by atoms with Crippen molar-refractivity contribution in [2.24, 2.45) is 0 Å². The van der Waals surface area contributed by atoms with Crippen molar-refractivity contribution in [3.63, 3.8) is 0 Å². The van der Waals surface area contributed by atoms with E-state index in [0.717, 1.165) is 19.3 Å². The zero-order valence-electron chi connectivity index (χ0n) is 11.5. The van der Waals surface area contributed by atoms with Crippen LogP contribution in [0.1, 0.15) is 46.9 Å². The zero-order chi connectivity index (χ0) is 13.8. The molecule has 0 saturated heterocycles. The molecule has 2 rings (SSSR count). The van der Waals surface area contributed by atoms with E-state index in [1.54, 1.807) is 24.3 Å². The van der Waals surface area contributed by atoms with Gasteiger partial charge in [0, 0.05) is 12.6 Å². The van der Waals surface area contributed by atoms with Crippen LogP contribution in [0.25, 0.3) is 0 Å². The quantitative estimate of drug-likeness (QED) is 0.629. The number of nitrogens with one attached hydrogen (secondary N) is 1. The first-order valence-corrected chi connectivity index (χ1v) is 6.77. The van der Waals surface area contributed by atoms with Crippen molar-refractivity contribution < 1.29 is 9.59 Å². The highest BCUT2D eigenvalue weighted by molar-refractivity contribution is 6.21. The molecule has 1 aliphatic rings. The number of carbonyl (C=O) groups excluding carboxylic acids is 2. The molecule has 0 aliphatic carbocycles. The smallest absolute Gasteiger partial charge is 0.261 e. The van der Waals surface area contributed by atoms with Crippen LogP contribution in [0, 0.1) is 0 Å². The highest BCUT2D eigenvalue weighted by atomic mass is 16.2. The van der Waals surface area contributed by atoms with Crippen molar-refractivity contribution in [3.8, 4) is 0 Å². The van der Waals surface area contributed by atoms with Crippen molar-refractivity contribution in [2.45, 2.75) is 32.2 Å². The number of fused-ring (bicyclic) bond motifs is 1. The van der Waals surface area contributed by atoms with Crippen LogP contribution in [-0.4, -0.2) is 36.3 Å². The number of imide groups is 1. The number of amides is 2. The van der Waals surface area contributed by atoms with Crippen LogP contribution in [0.2, 0.25) is 0 Å². The summed E-state index contributed by atoms with van der Waals surface area (Å²) >= 11 is 0. The minimum atomic E-state index is -0.151. The summed E-state index contributed by atoms with van der Waals surface area (Å²) < 4.78 is 0. The van der Waals surface area contributed by atoms with Crippen molar-refractivity contribution in [3.05, 3.63) is 35.4 Å². The Bertz CT molecular complexity index is 450. The normalized spacial score (nSPS) is 15.8. The van der Waals surface area contributed by atoms with Crippen LogP contribution in [0.15, 0.2) is 24.3 Å². The molecule has 0 saturated carbocycles. The molecule has 4 nitrogen and oxygen atoms in total. The molecule has 4 heteroatoms. The molecule has 0 fully saturated rings. The topological polar surface area (TPSA) is 49.4 Å². The number of hydrogen-bond acceptors (Lipinski definition) is 3. The molecule has 1 heterocycles. The molecule has 1 N–H and O–H groups in total. The van der Waals surface area contributed by atoms with Gasteiger partial charge in [0.05, 0.1) is 11.1 Å². The average molecular weight is 260 g/mol. The molecule has 19 heavy (non-hydrogen) atoms. The maximum absolute atomic E-state index is 12.1. The van der Waals surface area contributed by atoms with Crippen molar-refractivity contribution in [1.82, 2.24) is 10.2 Å². The Labute approximate surface area is 113 Å². The molecule has 2 amide bonds. The van der Waals surface area contributed by atoms with Gasteiger partial charge in [-0.1, -0.05) is 18.6 Å². The Morgan fingerprint density at radius 1 is 1.11 bits per heavy atom. The van der Waals surface area contributed by atoms with E-state index in [1.165, 1.54) is 4.90 Å². The standard InChI is InChI=1S/C15H20N2O2/c1-11(16-2)7-5-6-10-17-14(18)12-8-3-4-9-13(12)15(17)19/h3-4,8-9,11,16H,5-7,10H2,1-2H3. The minimum absolute atomic E-state index is 0.151. The van der Waals surface area contributed by atoms with E-state index in [0.29, 0.717) is 23.7 Å². The van der Waals surface area contributed by atoms with E-state index in [2.05, 4.69) is 12.2 Å². The Hall–Kier alpha value is -1.68. The third-order valence-corrected chi connectivity index (χ3v) is 3.64. The summed E-state index contributed by atoms with van der Waals surface area (Å²) in [6.07, 6.45) is 2.92. The molecular formula is C15H20N2O2. The van der Waals surface area contributed by atoms with E-state index >= 15 is 0 Å². The van der Waals surface area contributed by atoms with E-state index in [4.69, 9.17) is 0 Å². The molecule has 102 valence electrons. The number of benzene rings is 1. The maximum atomic E-state index is 12.1. The molecule has 1 aromatic carbocycles. The van der Waals surface area contributed by atoms with E-state index < -0.39 is 0 Å². The van der Waals surface area contributed by atoms with Crippen LogP contribution in [0.3, 0.4) is 0 Å². The fourth-order valence-electron chi connectivity index (χ4n) is 2.31. The maximum Gasteiger partial charge on any atom is 0.261 e. The van der Waals surface area contributed by atoms with Gasteiger partial charge in [-0.3, -0.25) is 14.5 Å². The predicted octanol–water partition coefficient (Wildman–Crippen LogP) is 2.06. The van der Waals surface area contributed by atoms with Gasteiger partial charge in [0.15, 0.2) is 0 Å². The lowest BCUT2D eigenvalue weighted by Crippen LogP contribution is -2.31. The summed E-state index contributed by atoms with van der Waals surface area (Å²) in [5.74, 6) is -0.301. The highest BCUT2D eigenvalue weighted by Crippen LogP contribution is 2.22. The SMILES string of the molecule is CNC(C)CCCCN1C(=O)c2ccccc2C1=O. The monoisotopic (exact) mass is 260 g/mol. The number of rotatable bonds is 6. The molecule has 1 aliphatic heterocycles. The van der Waals surface area contributed by atoms with Crippen molar-refractivity contribution >= 4 is 11.8 Å². The number of unbranched alkanes of at least 4 members (excludes halogenated alkanes) is 1. The summed E-state index contributed by atoms with van der Waals surface area (Å²) in [5.41, 5.74) is 1.08. The van der Waals surface area contributed by atoms with Crippen LogP contribution < -0.4 is 5.32 Å². The van der Waals surface area contributed by atoms with Gasteiger partial charge in [-0.05, 0) is 38.9 Å². The van der Waals surface area contributed by atoms with Crippen LogP contribution in [0.4, 0.5) is 0 Å². The first kappa shape index (κ1) is 13.7. The van der Waals surface area contributed by atoms with Gasteiger partial charge >= 0.3 is 0 Å². The summed E-state index contributed by atoms with van der Waals surface area (Å²) in [6.45, 7) is 2.64. The summed E-state index contributed by atoms with van der Waals surface area (Å²) in [5, 5.41) is 3.18. The lowest BCUT2D eigenvalue weighted by atomic mass is 10.1. The Morgan fingerprint density at radius 2 is 1.68 bits per heavy atom. The van der Waals surface area contributed by atoms with Gasteiger partial charge in [-0.15, -0.1) is 0 Å². The summed E-state index contributed by atoms with van der Waals surface area (Å²) in [7, 11) is 1.94. The zero-order valence-corrected chi connectivity index (χ0v) is 11.5. The summed E-state index contributed by atoms with van der Waals surface area (Å²) in [4.78, 5) is 25.5. The third-order valence-electron chi connectivity index (χ3n) is 3.64. The van der Waals surface area contributed by atoms with Gasteiger partial charge in [-0.25, -0.2) is 0 Å². The van der Waals surface area contributed by atoms with Crippen LogP contribution >= 0.6 is 0 Å². The Balaban J connectivity index is 1.90. The number of nitrogens with zero attached hydrogens (tertiary/aromatic N) is 1. The molecular weight excluding hydrogens is 240 g/mol. The molecule has 0 spiro atoms. The van der Waals surface area contributed by atoms with Gasteiger partial charge < -0.3 is 5.32 Å². The van der Waals surface area contributed by atoms with Crippen molar-refractivity contribution in [1.29, 1.82) is 0 Å². The first-order valence-electron chi connectivity index (χ1n) is 6.77. The largest absolute Gasteiger partial charge is 0.317 e. The minimum Gasteiger partial charge on any atom is -0.317 e. The third kappa shape index (κ3) is 2.84. The van der Waals surface area contributed by atoms with Crippen LogP contribution in [0.5, 0.6) is 0 Å². The molecule has 1 atom stereocenters. The highest BCUT2D eigenvalue weighted by Gasteiger charge is 2.34. The molecule has 0 radical (unpaired) electrons. The van der Waals surface area contributed by atoms with Gasteiger partial charge in [0.1, 0.15) is 0 Å². The van der Waals surface area contributed by atoms with Crippen LogP contribution in [-0.2, 0) is 0 Å². The first-order chi connectivity index (χ1) is 9.15. The second kappa shape index (κ2) is 5.97. The molecule has 1 unspecified atom stereocenters. The fourth-order valence-corrected chi connectivity index (χ4v) is 2.31. The van der Waals surface area contributed by atoms with Crippen molar-refractivity contribution in [2.75, 3.05) is 13.6 Å². The molecule has 1 aromatic rings.